The largest absolute Gasteiger partial charge is 0.495 e. The van der Waals surface area contributed by atoms with Crippen LogP contribution in [0.15, 0.2) is 30.3 Å². The molecule has 0 spiro atoms. The number of methoxy groups -OCH3 is 1. The van der Waals surface area contributed by atoms with Crippen LogP contribution >= 0.6 is 0 Å². The number of aromatic nitrogens is 2. The van der Waals surface area contributed by atoms with Crippen LogP contribution in [-0.2, 0) is 0 Å². The van der Waals surface area contributed by atoms with Gasteiger partial charge in [-0.15, -0.1) is 0 Å². The first-order valence-corrected chi connectivity index (χ1v) is 7.27. The van der Waals surface area contributed by atoms with Gasteiger partial charge in [0, 0.05) is 24.8 Å². The van der Waals surface area contributed by atoms with Gasteiger partial charge in [0.15, 0.2) is 0 Å². The molecule has 0 saturated carbocycles. The molecule has 1 aliphatic rings. The monoisotopic (exact) mass is 284 g/mol. The minimum Gasteiger partial charge on any atom is -0.495 e. The fraction of sp³-hybridized carbons (Fsp3) is 0.375. The van der Waals surface area contributed by atoms with E-state index in [-0.39, 0.29) is 0 Å². The van der Waals surface area contributed by atoms with E-state index < -0.39 is 0 Å². The molecule has 0 aliphatic carbocycles. The summed E-state index contributed by atoms with van der Waals surface area (Å²) in [7, 11) is 1.67. The molecule has 0 atom stereocenters. The second-order valence-corrected chi connectivity index (χ2v) is 5.21. The van der Waals surface area contributed by atoms with E-state index in [1.807, 2.05) is 37.3 Å². The Kier molecular flexibility index (Phi) is 3.90. The van der Waals surface area contributed by atoms with Gasteiger partial charge in [0.25, 0.3) is 0 Å². The van der Waals surface area contributed by atoms with E-state index in [0.29, 0.717) is 0 Å². The molecule has 2 heterocycles. The first kappa shape index (κ1) is 13.7. The van der Waals surface area contributed by atoms with Crippen LogP contribution < -0.4 is 15.0 Å². The normalized spacial score (nSPS) is 14.3. The van der Waals surface area contributed by atoms with E-state index in [0.717, 1.165) is 42.0 Å². The average Bonchev–Trinajstić information content (AvgIpc) is 3.01. The zero-order valence-electron chi connectivity index (χ0n) is 12.5. The Labute approximate surface area is 125 Å². The standard InChI is InChI=1S/C16H20N4O/c1-12-11-15(18-13-7-3-4-8-14(13)21-2)19-16(17-12)20-9-5-6-10-20/h3-4,7-8,11H,5-6,9-10H2,1-2H3,(H,17,18,19). The molecular formula is C16H20N4O. The number of anilines is 3. The van der Waals surface area contributed by atoms with Gasteiger partial charge >= 0.3 is 0 Å². The lowest BCUT2D eigenvalue weighted by molar-refractivity contribution is 0.417. The molecule has 5 nitrogen and oxygen atoms in total. The molecule has 1 aliphatic heterocycles. The molecule has 5 heteroatoms. The van der Waals surface area contributed by atoms with Gasteiger partial charge in [0.1, 0.15) is 11.6 Å². The summed E-state index contributed by atoms with van der Waals surface area (Å²) >= 11 is 0. The zero-order valence-corrected chi connectivity index (χ0v) is 12.5. The summed E-state index contributed by atoms with van der Waals surface area (Å²) < 4.78 is 5.36. The quantitative estimate of drug-likeness (QED) is 0.934. The maximum atomic E-state index is 5.36. The lowest BCUT2D eigenvalue weighted by Crippen LogP contribution is -2.21. The van der Waals surface area contributed by atoms with Crippen molar-refractivity contribution in [3.63, 3.8) is 0 Å². The second kappa shape index (κ2) is 5.99. The number of para-hydroxylation sites is 2. The molecule has 1 saturated heterocycles. The summed E-state index contributed by atoms with van der Waals surface area (Å²) in [4.78, 5) is 11.4. The lowest BCUT2D eigenvalue weighted by atomic mass is 10.3. The van der Waals surface area contributed by atoms with Crippen molar-refractivity contribution in [2.24, 2.45) is 0 Å². The van der Waals surface area contributed by atoms with Gasteiger partial charge < -0.3 is 15.0 Å². The van der Waals surface area contributed by atoms with E-state index in [2.05, 4.69) is 20.2 Å². The Morgan fingerprint density at radius 3 is 2.67 bits per heavy atom. The lowest BCUT2D eigenvalue weighted by Gasteiger charge is -2.17. The third-order valence-corrected chi connectivity index (χ3v) is 3.60. The number of hydrogen-bond donors (Lipinski definition) is 1. The Hall–Kier alpha value is -2.30. The summed E-state index contributed by atoms with van der Waals surface area (Å²) in [5.74, 6) is 2.41. The van der Waals surface area contributed by atoms with Crippen LogP contribution in [0.2, 0.25) is 0 Å². The molecule has 1 aromatic carbocycles. The van der Waals surface area contributed by atoms with Crippen LogP contribution in [0.1, 0.15) is 18.5 Å². The first-order chi connectivity index (χ1) is 10.3. The van der Waals surface area contributed by atoms with Crippen molar-refractivity contribution in [1.82, 2.24) is 9.97 Å². The number of hydrogen-bond acceptors (Lipinski definition) is 5. The van der Waals surface area contributed by atoms with Crippen LogP contribution in [0.5, 0.6) is 5.75 Å². The van der Waals surface area contributed by atoms with Crippen LogP contribution in [0.3, 0.4) is 0 Å². The van der Waals surface area contributed by atoms with Gasteiger partial charge in [-0.2, -0.15) is 4.98 Å². The average molecular weight is 284 g/mol. The van der Waals surface area contributed by atoms with E-state index in [1.54, 1.807) is 7.11 Å². The van der Waals surface area contributed by atoms with Crippen molar-refractivity contribution in [3.05, 3.63) is 36.0 Å². The number of benzene rings is 1. The predicted molar refractivity (Wildman–Crippen MR) is 84.5 cm³/mol. The molecule has 2 aromatic rings. The molecule has 1 N–H and O–H groups in total. The minimum atomic E-state index is 0.800. The molecule has 1 fully saturated rings. The Bertz CT molecular complexity index is 623. The highest BCUT2D eigenvalue weighted by molar-refractivity contribution is 5.64. The summed E-state index contributed by atoms with van der Waals surface area (Å²) in [6.07, 6.45) is 2.43. The van der Waals surface area contributed by atoms with Gasteiger partial charge in [0.05, 0.1) is 12.8 Å². The van der Waals surface area contributed by atoms with Crippen LogP contribution in [-0.4, -0.2) is 30.2 Å². The van der Waals surface area contributed by atoms with Crippen molar-refractivity contribution in [1.29, 1.82) is 0 Å². The fourth-order valence-electron chi connectivity index (χ4n) is 2.56. The summed E-state index contributed by atoms with van der Waals surface area (Å²) in [6.45, 7) is 4.07. The summed E-state index contributed by atoms with van der Waals surface area (Å²) in [5, 5.41) is 3.33. The minimum absolute atomic E-state index is 0.800. The topological polar surface area (TPSA) is 50.3 Å². The third-order valence-electron chi connectivity index (χ3n) is 3.60. The van der Waals surface area contributed by atoms with Crippen molar-refractivity contribution in [3.8, 4) is 5.75 Å². The molecule has 21 heavy (non-hydrogen) atoms. The molecule has 3 rings (SSSR count). The second-order valence-electron chi connectivity index (χ2n) is 5.21. The Morgan fingerprint density at radius 1 is 1.14 bits per heavy atom. The fourth-order valence-corrected chi connectivity index (χ4v) is 2.56. The van der Waals surface area contributed by atoms with E-state index in [1.165, 1.54) is 12.8 Å². The number of aryl methyl sites for hydroxylation is 1. The van der Waals surface area contributed by atoms with Gasteiger partial charge in [-0.25, -0.2) is 4.98 Å². The zero-order chi connectivity index (χ0) is 14.7. The number of nitrogens with one attached hydrogen (secondary N) is 1. The van der Waals surface area contributed by atoms with Crippen molar-refractivity contribution >= 4 is 17.5 Å². The summed E-state index contributed by atoms with van der Waals surface area (Å²) in [6, 6.07) is 9.78. The molecule has 0 radical (unpaired) electrons. The first-order valence-electron chi connectivity index (χ1n) is 7.27. The van der Waals surface area contributed by atoms with Crippen LogP contribution in [0, 0.1) is 6.92 Å². The highest BCUT2D eigenvalue weighted by Crippen LogP contribution is 2.27. The molecule has 110 valence electrons. The SMILES string of the molecule is COc1ccccc1Nc1cc(C)nc(N2CCCC2)n1. The summed E-state index contributed by atoms with van der Waals surface area (Å²) in [5.41, 5.74) is 1.87. The molecule has 0 amide bonds. The Morgan fingerprint density at radius 2 is 1.90 bits per heavy atom. The maximum absolute atomic E-state index is 5.36. The smallest absolute Gasteiger partial charge is 0.227 e. The molecule has 1 aromatic heterocycles. The third kappa shape index (κ3) is 3.07. The highest BCUT2D eigenvalue weighted by atomic mass is 16.5. The van der Waals surface area contributed by atoms with Crippen LogP contribution in [0.4, 0.5) is 17.5 Å². The van der Waals surface area contributed by atoms with E-state index in [9.17, 15) is 0 Å². The van der Waals surface area contributed by atoms with Gasteiger partial charge in [-0.1, -0.05) is 12.1 Å². The van der Waals surface area contributed by atoms with Crippen molar-refractivity contribution in [2.75, 3.05) is 30.4 Å². The van der Waals surface area contributed by atoms with Gasteiger partial charge in [-0.05, 0) is 31.9 Å². The molecule has 0 bridgehead atoms. The maximum Gasteiger partial charge on any atom is 0.227 e. The van der Waals surface area contributed by atoms with E-state index in [4.69, 9.17) is 4.74 Å². The highest BCUT2D eigenvalue weighted by Gasteiger charge is 2.16. The van der Waals surface area contributed by atoms with Gasteiger partial charge in [0.2, 0.25) is 5.95 Å². The molecular weight excluding hydrogens is 264 g/mol. The van der Waals surface area contributed by atoms with Gasteiger partial charge in [-0.3, -0.25) is 0 Å². The number of rotatable bonds is 4. The predicted octanol–water partition coefficient (Wildman–Crippen LogP) is 3.14. The molecule has 0 unspecified atom stereocenters. The van der Waals surface area contributed by atoms with E-state index >= 15 is 0 Å². The van der Waals surface area contributed by atoms with Crippen molar-refractivity contribution < 1.29 is 4.74 Å². The number of nitrogens with zero attached hydrogens (tertiary/aromatic N) is 3. The number of ether oxygens (including phenoxy) is 1. The Balaban J connectivity index is 1.88. The van der Waals surface area contributed by atoms with Crippen LogP contribution in [0.25, 0.3) is 0 Å². The van der Waals surface area contributed by atoms with Crippen molar-refractivity contribution in [2.45, 2.75) is 19.8 Å².